The number of carbonyl (C=O) groups excluding carboxylic acids is 1. The summed E-state index contributed by atoms with van der Waals surface area (Å²) in [6, 6.07) is 5.17. The molecule has 13 heteroatoms. The van der Waals surface area contributed by atoms with Crippen LogP contribution in [0.3, 0.4) is 0 Å². The minimum absolute atomic E-state index is 0.250. The maximum atomic E-state index is 12.1. The van der Waals surface area contributed by atoms with Gasteiger partial charge in [-0.3, -0.25) is 4.79 Å². The molecule has 1 aromatic carbocycles. The van der Waals surface area contributed by atoms with Crippen LogP contribution in [-0.2, 0) is 14.8 Å². The van der Waals surface area contributed by atoms with E-state index in [0.29, 0.717) is 23.0 Å². The highest BCUT2D eigenvalue weighted by Gasteiger charge is 2.35. The van der Waals surface area contributed by atoms with Gasteiger partial charge in [0.1, 0.15) is 11.9 Å². The lowest BCUT2D eigenvalue weighted by Crippen LogP contribution is -2.55. The second kappa shape index (κ2) is 11.5. The zero-order valence-corrected chi connectivity index (χ0v) is 22.0. The molecule has 36 heavy (non-hydrogen) atoms. The molecule has 0 saturated carbocycles. The number of anilines is 4. The minimum Gasteiger partial charge on any atom is -0.494 e. The average Bonchev–Trinajstić information content (AvgIpc) is 2.79. The molecular weight excluding hydrogens is 486 g/mol. The van der Waals surface area contributed by atoms with Gasteiger partial charge in [-0.2, -0.15) is 9.29 Å². The van der Waals surface area contributed by atoms with Crippen molar-refractivity contribution in [2.45, 2.75) is 6.10 Å². The molecule has 0 bridgehead atoms. The Morgan fingerprint density at radius 2 is 1.97 bits per heavy atom. The van der Waals surface area contributed by atoms with Gasteiger partial charge >= 0.3 is 0 Å². The molecule has 196 valence electrons. The molecule has 0 radical (unpaired) electrons. The van der Waals surface area contributed by atoms with E-state index in [9.17, 15) is 13.2 Å². The first-order valence-corrected chi connectivity index (χ1v) is 13.1. The van der Waals surface area contributed by atoms with Crippen molar-refractivity contribution < 1.29 is 22.7 Å². The topological polar surface area (TPSA) is 129 Å². The molecule has 12 nitrogen and oxygen atoms in total. The fourth-order valence-corrected chi connectivity index (χ4v) is 4.29. The number of hydrogen-bond donors (Lipinski definition) is 2. The van der Waals surface area contributed by atoms with E-state index < -0.39 is 10.0 Å². The summed E-state index contributed by atoms with van der Waals surface area (Å²) in [7, 11) is 4.24. The lowest BCUT2D eigenvalue weighted by Gasteiger charge is -2.36. The molecule has 1 aromatic heterocycles. The number of hydrogen-bond acceptors (Lipinski definition) is 10. The first-order valence-electron chi connectivity index (χ1n) is 11.2. The maximum absolute atomic E-state index is 12.1. The lowest BCUT2D eigenvalue weighted by atomic mass is 10.2. The van der Waals surface area contributed by atoms with Crippen molar-refractivity contribution in [3.05, 3.63) is 37.1 Å². The van der Waals surface area contributed by atoms with Crippen LogP contribution in [0.2, 0.25) is 0 Å². The maximum Gasteiger partial charge on any atom is 0.247 e. The summed E-state index contributed by atoms with van der Waals surface area (Å²) in [6.45, 7) is 5.62. The average molecular weight is 520 g/mol. The third-order valence-electron chi connectivity index (χ3n) is 5.50. The Bertz CT molecular complexity index is 1200. The first-order chi connectivity index (χ1) is 17.0. The van der Waals surface area contributed by atoms with Crippen LogP contribution in [0, 0.1) is 0 Å². The van der Waals surface area contributed by atoms with Crippen LogP contribution >= 0.6 is 0 Å². The summed E-state index contributed by atoms with van der Waals surface area (Å²) in [5, 5.41) is 5.96. The lowest BCUT2D eigenvalue weighted by molar-refractivity contribution is -0.111. The number of nitrogens with one attached hydrogen (secondary N) is 2. The van der Waals surface area contributed by atoms with E-state index in [0.717, 1.165) is 18.8 Å². The van der Waals surface area contributed by atoms with E-state index in [1.807, 2.05) is 32.1 Å². The van der Waals surface area contributed by atoms with Gasteiger partial charge in [0.2, 0.25) is 27.8 Å². The van der Waals surface area contributed by atoms with Crippen LogP contribution in [0.25, 0.3) is 0 Å². The molecular formula is C23H33N7O5S. The number of benzene rings is 1. The Hall–Kier alpha value is -3.42. The van der Waals surface area contributed by atoms with E-state index >= 15 is 0 Å². The van der Waals surface area contributed by atoms with Gasteiger partial charge in [0.25, 0.3) is 0 Å². The molecule has 2 aromatic rings. The van der Waals surface area contributed by atoms with E-state index in [1.165, 1.54) is 22.8 Å². The van der Waals surface area contributed by atoms with E-state index in [2.05, 4.69) is 32.1 Å². The van der Waals surface area contributed by atoms with Crippen LogP contribution in [0.4, 0.5) is 23.0 Å². The Balaban J connectivity index is 1.82. The zero-order valence-electron chi connectivity index (χ0n) is 21.2. The van der Waals surface area contributed by atoms with Crippen molar-refractivity contribution >= 4 is 38.9 Å². The third kappa shape index (κ3) is 7.06. The quantitative estimate of drug-likeness (QED) is 0.397. The fraction of sp³-hybridized carbons (Fsp3) is 0.435. The first kappa shape index (κ1) is 27.2. The largest absolute Gasteiger partial charge is 0.494 e. The van der Waals surface area contributed by atoms with Crippen LogP contribution in [0.1, 0.15) is 0 Å². The molecule has 0 spiro atoms. The van der Waals surface area contributed by atoms with Crippen molar-refractivity contribution in [2.75, 3.05) is 76.2 Å². The number of likely N-dealkylation sites (N-methyl/N-ethyl adjacent to an activating group) is 2. The molecule has 1 amide bonds. The molecule has 0 unspecified atom stereocenters. The molecule has 1 saturated heterocycles. The third-order valence-corrected chi connectivity index (χ3v) is 6.74. The van der Waals surface area contributed by atoms with Crippen LogP contribution in [0.5, 0.6) is 11.6 Å². The van der Waals surface area contributed by atoms with Crippen molar-refractivity contribution in [1.82, 2.24) is 19.2 Å². The highest BCUT2D eigenvalue weighted by molar-refractivity contribution is 7.88. The number of amides is 1. The molecule has 2 heterocycles. The van der Waals surface area contributed by atoms with E-state index in [-0.39, 0.29) is 31.0 Å². The van der Waals surface area contributed by atoms with Crippen molar-refractivity contribution in [3.8, 4) is 11.6 Å². The predicted octanol–water partition coefficient (Wildman–Crippen LogP) is 1.37. The standard InChI is InChI=1S/C23H33N7O5S/c1-7-21(31)25-17-12-18(20(34-5)13-19(17)29(4)11-10-28(2)3)26-23-24-9-8-22(27-23)35-16-14-30(15-16)36(6,32)33/h7-9,12-13,16H,1,10-11,14-15H2,2-6H3,(H,25,31)(H,24,26,27). The molecule has 0 atom stereocenters. The second-order valence-corrected chi connectivity index (χ2v) is 10.6. The normalized spacial score (nSPS) is 14.2. The van der Waals surface area contributed by atoms with Gasteiger partial charge in [-0.1, -0.05) is 6.58 Å². The van der Waals surface area contributed by atoms with Gasteiger partial charge in [-0.15, -0.1) is 0 Å². The summed E-state index contributed by atoms with van der Waals surface area (Å²) >= 11 is 0. The smallest absolute Gasteiger partial charge is 0.247 e. The number of carbonyl (C=O) groups is 1. The molecule has 0 aliphatic carbocycles. The predicted molar refractivity (Wildman–Crippen MR) is 140 cm³/mol. The van der Waals surface area contributed by atoms with E-state index in [4.69, 9.17) is 9.47 Å². The van der Waals surface area contributed by atoms with Crippen molar-refractivity contribution in [3.63, 3.8) is 0 Å². The summed E-state index contributed by atoms with van der Waals surface area (Å²) in [6.07, 6.45) is 3.62. The van der Waals surface area contributed by atoms with Gasteiger partial charge in [-0.05, 0) is 26.2 Å². The van der Waals surface area contributed by atoms with Crippen LogP contribution in [0.15, 0.2) is 37.1 Å². The molecule has 3 rings (SSSR count). The van der Waals surface area contributed by atoms with Gasteiger partial charge in [0.15, 0.2) is 0 Å². The number of nitrogens with zero attached hydrogens (tertiary/aromatic N) is 5. The highest BCUT2D eigenvalue weighted by Crippen LogP contribution is 2.38. The summed E-state index contributed by atoms with van der Waals surface area (Å²) in [5.41, 5.74) is 1.87. The Kier molecular flexibility index (Phi) is 8.71. The Morgan fingerprint density at radius 3 is 2.58 bits per heavy atom. The van der Waals surface area contributed by atoms with Crippen LogP contribution < -0.4 is 25.0 Å². The SMILES string of the molecule is C=CC(=O)Nc1cc(Nc2nccc(OC3CN(S(C)(=O)=O)C3)n2)c(OC)cc1N(C)CCN(C)C. The van der Waals surface area contributed by atoms with Crippen LogP contribution in [-0.4, -0.2) is 100 Å². The minimum atomic E-state index is -3.23. The highest BCUT2D eigenvalue weighted by atomic mass is 32.2. The zero-order chi connectivity index (χ0) is 26.5. The Labute approximate surface area is 212 Å². The van der Waals surface area contributed by atoms with Gasteiger partial charge in [-0.25, -0.2) is 13.4 Å². The van der Waals surface area contributed by atoms with Gasteiger partial charge in [0, 0.05) is 38.5 Å². The van der Waals surface area contributed by atoms with Gasteiger partial charge < -0.3 is 29.9 Å². The number of aromatic nitrogens is 2. The summed E-state index contributed by atoms with van der Waals surface area (Å²) in [5.74, 6) is 0.740. The number of methoxy groups -OCH3 is 1. The number of rotatable bonds is 12. The number of ether oxygens (including phenoxy) is 2. The Morgan fingerprint density at radius 1 is 1.25 bits per heavy atom. The monoisotopic (exact) mass is 519 g/mol. The number of sulfonamides is 1. The summed E-state index contributed by atoms with van der Waals surface area (Å²) in [4.78, 5) is 24.8. The van der Waals surface area contributed by atoms with Crippen molar-refractivity contribution in [2.24, 2.45) is 0 Å². The molecule has 2 N–H and O–H groups in total. The van der Waals surface area contributed by atoms with E-state index in [1.54, 1.807) is 19.2 Å². The van der Waals surface area contributed by atoms with Gasteiger partial charge in [0.05, 0.1) is 43.5 Å². The summed E-state index contributed by atoms with van der Waals surface area (Å²) < 4.78 is 35.8. The fourth-order valence-electron chi connectivity index (χ4n) is 3.41. The molecule has 1 aliphatic rings. The van der Waals surface area contributed by atoms with Crippen molar-refractivity contribution in [1.29, 1.82) is 0 Å². The molecule has 1 aliphatic heterocycles. The second-order valence-electron chi connectivity index (χ2n) is 8.65. The molecule has 1 fully saturated rings.